The highest BCUT2D eigenvalue weighted by atomic mass is 16.3. The van der Waals surface area contributed by atoms with Gasteiger partial charge in [0, 0.05) is 11.1 Å². The van der Waals surface area contributed by atoms with Gasteiger partial charge in [0.2, 0.25) is 0 Å². The number of phenolic OH excluding ortho intramolecular Hbond substituents is 2. The highest BCUT2D eigenvalue weighted by Crippen LogP contribution is 2.41. The minimum atomic E-state index is -0.619. The maximum atomic E-state index is 13.4. The lowest BCUT2D eigenvalue weighted by Gasteiger charge is -2.31. The van der Waals surface area contributed by atoms with Gasteiger partial charge < -0.3 is 10.2 Å². The number of nitrogens with one attached hydrogen (secondary N) is 2. The van der Waals surface area contributed by atoms with Crippen LogP contribution in [0.5, 0.6) is 11.5 Å². The predicted octanol–water partition coefficient (Wildman–Crippen LogP) is 7.92. The minimum absolute atomic E-state index is 0.0872. The van der Waals surface area contributed by atoms with E-state index in [1.54, 1.807) is 12.1 Å². The molecule has 0 bridgehead atoms. The van der Waals surface area contributed by atoms with Crippen LogP contribution in [-0.2, 0) is 21.7 Å². The van der Waals surface area contributed by atoms with Gasteiger partial charge in [-0.2, -0.15) is 0 Å². The number of hydrazine groups is 1. The third-order valence-electron chi connectivity index (χ3n) is 9.56. The fourth-order valence-electron chi connectivity index (χ4n) is 4.47. The highest BCUT2D eigenvalue weighted by molar-refractivity contribution is 6.02. The molecule has 0 atom stereocenters. The smallest absolute Gasteiger partial charge is 0.273 e. The van der Waals surface area contributed by atoms with E-state index in [1.165, 1.54) is 0 Å². The summed E-state index contributed by atoms with van der Waals surface area (Å²) in [7, 11) is 0. The first-order valence-electron chi connectivity index (χ1n) is 14.7. The van der Waals surface area contributed by atoms with Crippen LogP contribution in [0.1, 0.15) is 152 Å². The summed E-state index contributed by atoms with van der Waals surface area (Å²) >= 11 is 0. The van der Waals surface area contributed by atoms with Gasteiger partial charge in [0.15, 0.2) is 0 Å². The molecule has 0 aliphatic rings. The average Bonchev–Trinajstić information content (AvgIpc) is 2.91. The largest absolute Gasteiger partial charge is 0.507 e. The molecule has 222 valence electrons. The molecule has 0 heterocycles. The van der Waals surface area contributed by atoms with E-state index < -0.39 is 11.8 Å². The van der Waals surface area contributed by atoms with E-state index in [2.05, 4.69) is 52.4 Å². The van der Waals surface area contributed by atoms with Crippen LogP contribution < -0.4 is 10.9 Å². The summed E-state index contributed by atoms with van der Waals surface area (Å²) in [5, 5.41) is 22.4. The maximum Gasteiger partial charge on any atom is 0.273 e. The van der Waals surface area contributed by atoms with Crippen LogP contribution >= 0.6 is 0 Å². The van der Waals surface area contributed by atoms with Crippen molar-refractivity contribution in [2.45, 2.75) is 130 Å². The van der Waals surface area contributed by atoms with Crippen LogP contribution in [0.2, 0.25) is 0 Å². The van der Waals surface area contributed by atoms with E-state index in [9.17, 15) is 19.8 Å². The monoisotopic (exact) mass is 552 g/mol. The van der Waals surface area contributed by atoms with Gasteiger partial charge >= 0.3 is 0 Å². The molecule has 0 unspecified atom stereocenters. The van der Waals surface area contributed by atoms with Gasteiger partial charge in [-0.3, -0.25) is 20.4 Å². The second-order valence-corrected chi connectivity index (χ2v) is 13.7. The van der Waals surface area contributed by atoms with Gasteiger partial charge in [-0.05, 0) is 70.6 Å². The molecule has 0 saturated carbocycles. The Labute approximate surface area is 241 Å². The zero-order chi connectivity index (χ0) is 30.8. The molecule has 0 saturated heterocycles. The summed E-state index contributed by atoms with van der Waals surface area (Å²) in [6.07, 6.45) is 3.24. The first-order valence-corrected chi connectivity index (χ1v) is 14.7. The first kappa shape index (κ1) is 33.2. The molecular formula is C34H52N2O4. The van der Waals surface area contributed by atoms with Crippen molar-refractivity contribution in [1.82, 2.24) is 10.9 Å². The summed E-state index contributed by atoms with van der Waals surface area (Å²) in [5.41, 5.74) is 7.33. The molecule has 2 amide bonds. The number of aromatic hydroxyl groups is 2. The Balaban J connectivity index is 2.54. The summed E-state index contributed by atoms with van der Waals surface area (Å²) in [6, 6.07) is 7.40. The summed E-state index contributed by atoms with van der Waals surface area (Å²) < 4.78 is 0. The Morgan fingerprint density at radius 2 is 0.825 bits per heavy atom. The molecule has 0 aliphatic heterocycles. The normalized spacial score (nSPS) is 12.8. The third kappa shape index (κ3) is 6.64. The van der Waals surface area contributed by atoms with Crippen molar-refractivity contribution in [2.75, 3.05) is 0 Å². The molecule has 6 heteroatoms. The summed E-state index contributed by atoms with van der Waals surface area (Å²) in [6.45, 7) is 24.9. The standard InChI is InChI=1S/C34H52N2O4/c1-13-31(5,6)21-17-23(27(37)25(19-21)33(9,10)15-3)29(39)35-36-30(40)24-18-22(32(7,8)14-2)20-26(28(24)38)34(11,12)16-4/h17-20,37-38H,13-16H2,1-12H3,(H,35,39)(H,36,40). The minimum Gasteiger partial charge on any atom is -0.507 e. The number of phenols is 2. The molecule has 0 aromatic heterocycles. The van der Waals surface area contributed by atoms with Crippen molar-refractivity contribution in [3.05, 3.63) is 57.6 Å². The lowest BCUT2D eigenvalue weighted by Crippen LogP contribution is -2.42. The lowest BCUT2D eigenvalue weighted by molar-refractivity contribution is 0.0842. The Morgan fingerprint density at radius 3 is 1.07 bits per heavy atom. The Morgan fingerprint density at radius 1 is 0.550 bits per heavy atom. The van der Waals surface area contributed by atoms with Crippen molar-refractivity contribution in [3.63, 3.8) is 0 Å². The lowest BCUT2D eigenvalue weighted by atomic mass is 9.75. The van der Waals surface area contributed by atoms with E-state index in [0.29, 0.717) is 11.1 Å². The Hall–Kier alpha value is -3.02. The van der Waals surface area contributed by atoms with Gasteiger partial charge in [-0.1, -0.05) is 95.2 Å². The third-order valence-corrected chi connectivity index (χ3v) is 9.56. The maximum absolute atomic E-state index is 13.4. The SMILES string of the molecule is CCC(C)(C)c1cc(C(=O)NNC(=O)c2cc(C(C)(C)CC)cc(C(C)(C)CC)c2O)c(O)c(C(C)(C)CC)c1. The molecule has 0 fully saturated rings. The quantitative estimate of drug-likeness (QED) is 0.225. The molecule has 2 rings (SSSR count). The fourth-order valence-corrected chi connectivity index (χ4v) is 4.47. The fraction of sp³-hybridized carbons (Fsp3) is 0.588. The molecular weight excluding hydrogens is 500 g/mol. The first-order chi connectivity index (χ1) is 18.3. The van der Waals surface area contributed by atoms with E-state index >= 15 is 0 Å². The topological polar surface area (TPSA) is 98.7 Å². The molecule has 2 aromatic carbocycles. The second kappa shape index (κ2) is 11.8. The van der Waals surface area contributed by atoms with Crippen molar-refractivity contribution < 1.29 is 19.8 Å². The van der Waals surface area contributed by atoms with E-state index in [-0.39, 0.29) is 44.3 Å². The molecule has 4 N–H and O–H groups in total. The molecule has 0 radical (unpaired) electrons. The zero-order valence-corrected chi connectivity index (χ0v) is 26.8. The number of hydrogen-bond acceptors (Lipinski definition) is 4. The van der Waals surface area contributed by atoms with Crippen LogP contribution in [0.25, 0.3) is 0 Å². The molecule has 40 heavy (non-hydrogen) atoms. The summed E-state index contributed by atoms with van der Waals surface area (Å²) in [4.78, 5) is 26.8. The Bertz CT molecular complexity index is 1160. The number of hydrogen-bond donors (Lipinski definition) is 4. The van der Waals surface area contributed by atoms with Crippen LogP contribution in [0.3, 0.4) is 0 Å². The Kier molecular flexibility index (Phi) is 9.82. The highest BCUT2D eigenvalue weighted by Gasteiger charge is 2.32. The molecule has 2 aromatic rings. The molecule has 0 aliphatic carbocycles. The van der Waals surface area contributed by atoms with Crippen LogP contribution in [0.15, 0.2) is 24.3 Å². The van der Waals surface area contributed by atoms with Crippen LogP contribution in [0, 0.1) is 0 Å². The van der Waals surface area contributed by atoms with Gasteiger partial charge in [-0.15, -0.1) is 0 Å². The van der Waals surface area contributed by atoms with Crippen LogP contribution in [-0.4, -0.2) is 22.0 Å². The zero-order valence-electron chi connectivity index (χ0n) is 26.8. The number of benzene rings is 2. The van der Waals surface area contributed by atoms with E-state index in [0.717, 1.165) is 36.8 Å². The summed E-state index contributed by atoms with van der Waals surface area (Å²) in [5.74, 6) is -1.41. The van der Waals surface area contributed by atoms with E-state index in [4.69, 9.17) is 0 Å². The van der Waals surface area contributed by atoms with Gasteiger partial charge in [0.25, 0.3) is 11.8 Å². The van der Waals surface area contributed by atoms with Gasteiger partial charge in [0.05, 0.1) is 11.1 Å². The average molecular weight is 553 g/mol. The number of carbonyl (C=O) groups excluding carboxylic acids is 2. The van der Waals surface area contributed by atoms with Crippen molar-refractivity contribution in [1.29, 1.82) is 0 Å². The van der Waals surface area contributed by atoms with Gasteiger partial charge in [0.1, 0.15) is 11.5 Å². The van der Waals surface area contributed by atoms with Crippen molar-refractivity contribution >= 4 is 11.8 Å². The number of amides is 2. The van der Waals surface area contributed by atoms with Crippen molar-refractivity contribution in [2.24, 2.45) is 0 Å². The molecule has 0 spiro atoms. The van der Waals surface area contributed by atoms with Crippen LogP contribution in [0.4, 0.5) is 0 Å². The number of carbonyl (C=O) groups is 2. The van der Waals surface area contributed by atoms with Crippen molar-refractivity contribution in [3.8, 4) is 11.5 Å². The van der Waals surface area contributed by atoms with Gasteiger partial charge in [-0.25, -0.2) is 0 Å². The predicted molar refractivity (Wildman–Crippen MR) is 164 cm³/mol. The molecule has 6 nitrogen and oxygen atoms in total. The number of rotatable bonds is 10. The second-order valence-electron chi connectivity index (χ2n) is 13.7. The van der Waals surface area contributed by atoms with E-state index in [1.807, 2.05) is 53.7 Å².